The van der Waals surface area contributed by atoms with E-state index in [0.29, 0.717) is 17.9 Å². The van der Waals surface area contributed by atoms with Gasteiger partial charge in [0.25, 0.3) is 0 Å². The number of anilines is 1. The lowest BCUT2D eigenvalue weighted by molar-refractivity contribution is -0.141. The SMILES string of the molecule is CNC(=O)C(Cc1ccccc1)N(Cc1cccc(C)c1)C(=O)CCCN(c1cccc(OC)c1)S(C)(=O)=O. The minimum Gasteiger partial charge on any atom is -0.497 e. The van der Waals surface area contributed by atoms with Crippen LogP contribution in [0.3, 0.4) is 0 Å². The number of carbonyl (C=O) groups excluding carboxylic acids is 2. The van der Waals surface area contributed by atoms with Crippen molar-refractivity contribution < 1.29 is 22.7 Å². The Morgan fingerprint density at radius 1 is 0.949 bits per heavy atom. The van der Waals surface area contributed by atoms with E-state index < -0.39 is 16.1 Å². The molecule has 2 amide bonds. The van der Waals surface area contributed by atoms with Gasteiger partial charge in [0.05, 0.1) is 19.1 Å². The Hall–Kier alpha value is -3.85. The maximum Gasteiger partial charge on any atom is 0.242 e. The van der Waals surface area contributed by atoms with Crippen molar-refractivity contribution in [3.05, 3.63) is 95.6 Å². The molecule has 3 aromatic rings. The number of carbonyl (C=O) groups is 2. The summed E-state index contributed by atoms with van der Waals surface area (Å²) in [5.41, 5.74) is 3.38. The highest BCUT2D eigenvalue weighted by molar-refractivity contribution is 7.92. The molecule has 1 N–H and O–H groups in total. The fourth-order valence-corrected chi connectivity index (χ4v) is 5.45. The van der Waals surface area contributed by atoms with Crippen LogP contribution in [0.1, 0.15) is 29.5 Å². The highest BCUT2D eigenvalue weighted by atomic mass is 32.2. The summed E-state index contributed by atoms with van der Waals surface area (Å²) in [6.45, 7) is 2.35. The number of nitrogens with one attached hydrogen (secondary N) is 1. The fourth-order valence-electron chi connectivity index (χ4n) is 4.50. The molecule has 39 heavy (non-hydrogen) atoms. The van der Waals surface area contributed by atoms with Crippen molar-refractivity contribution in [1.29, 1.82) is 0 Å². The number of likely N-dealkylation sites (N-methyl/N-ethyl adjacent to an activating group) is 1. The Kier molecular flexibility index (Phi) is 10.5. The zero-order valence-electron chi connectivity index (χ0n) is 23.0. The summed E-state index contributed by atoms with van der Waals surface area (Å²) in [5.74, 6) is 0.0602. The predicted octanol–water partition coefficient (Wildman–Crippen LogP) is 3.94. The third-order valence-electron chi connectivity index (χ3n) is 6.45. The van der Waals surface area contributed by atoms with Crippen molar-refractivity contribution in [3.63, 3.8) is 0 Å². The summed E-state index contributed by atoms with van der Waals surface area (Å²) in [6.07, 6.45) is 1.85. The molecule has 1 atom stereocenters. The monoisotopic (exact) mass is 551 g/mol. The summed E-state index contributed by atoms with van der Waals surface area (Å²) in [5, 5.41) is 2.71. The van der Waals surface area contributed by atoms with Crippen LogP contribution in [0.5, 0.6) is 5.75 Å². The van der Waals surface area contributed by atoms with Crippen molar-refractivity contribution in [2.75, 3.05) is 31.3 Å². The third-order valence-corrected chi connectivity index (χ3v) is 7.64. The number of ether oxygens (including phenoxy) is 1. The molecule has 3 aromatic carbocycles. The quantitative estimate of drug-likeness (QED) is 0.347. The Balaban J connectivity index is 1.85. The normalized spacial score (nSPS) is 11.9. The molecule has 0 fully saturated rings. The summed E-state index contributed by atoms with van der Waals surface area (Å²) in [7, 11) is -0.519. The van der Waals surface area contributed by atoms with Crippen molar-refractivity contribution in [3.8, 4) is 5.75 Å². The highest BCUT2D eigenvalue weighted by Crippen LogP contribution is 2.24. The first-order valence-electron chi connectivity index (χ1n) is 12.8. The topological polar surface area (TPSA) is 96.0 Å². The number of aryl methyl sites for hydroxylation is 1. The van der Waals surface area contributed by atoms with Gasteiger partial charge in [-0.3, -0.25) is 13.9 Å². The standard InChI is InChI=1S/C30H37N3O5S/c1-23-11-8-14-25(19-23)22-32(28(30(35)31-2)20-24-12-6-5-7-13-24)29(34)17-10-18-33(39(4,36)37)26-15-9-16-27(21-26)38-3/h5-9,11-16,19,21,28H,10,17-18,20,22H2,1-4H3,(H,31,35). The van der Waals surface area contributed by atoms with E-state index in [1.807, 2.05) is 61.5 Å². The van der Waals surface area contributed by atoms with Crippen molar-refractivity contribution in [2.45, 2.75) is 38.8 Å². The molecule has 0 aliphatic carbocycles. The van der Waals surface area contributed by atoms with E-state index in [1.165, 1.54) is 11.4 Å². The van der Waals surface area contributed by atoms with Gasteiger partial charge in [-0.15, -0.1) is 0 Å². The van der Waals surface area contributed by atoms with E-state index in [9.17, 15) is 18.0 Å². The molecule has 0 heterocycles. The van der Waals surface area contributed by atoms with Crippen LogP contribution in [-0.2, 0) is 32.6 Å². The van der Waals surface area contributed by atoms with Crippen molar-refractivity contribution >= 4 is 27.5 Å². The number of amides is 2. The Bertz CT molecular complexity index is 1360. The molecule has 0 saturated carbocycles. The van der Waals surface area contributed by atoms with Crippen LogP contribution in [0.4, 0.5) is 5.69 Å². The fraction of sp³-hybridized carbons (Fsp3) is 0.333. The largest absolute Gasteiger partial charge is 0.497 e. The number of nitrogens with zero attached hydrogens (tertiary/aromatic N) is 2. The van der Waals surface area contributed by atoms with Gasteiger partial charge in [-0.25, -0.2) is 8.42 Å². The lowest BCUT2D eigenvalue weighted by Crippen LogP contribution is -2.49. The second-order valence-corrected chi connectivity index (χ2v) is 11.4. The van der Waals surface area contributed by atoms with Gasteiger partial charge >= 0.3 is 0 Å². The molecule has 0 saturated heterocycles. The number of methoxy groups -OCH3 is 1. The molecule has 3 rings (SSSR count). The van der Waals surface area contributed by atoms with Gasteiger partial charge in [-0.2, -0.15) is 0 Å². The highest BCUT2D eigenvalue weighted by Gasteiger charge is 2.30. The van der Waals surface area contributed by atoms with Crippen LogP contribution in [0, 0.1) is 6.92 Å². The minimum atomic E-state index is -3.60. The van der Waals surface area contributed by atoms with Crippen LogP contribution in [0.25, 0.3) is 0 Å². The van der Waals surface area contributed by atoms with E-state index in [1.54, 1.807) is 36.2 Å². The lowest BCUT2D eigenvalue weighted by Gasteiger charge is -2.31. The lowest BCUT2D eigenvalue weighted by atomic mass is 10.0. The molecule has 0 bridgehead atoms. The second kappa shape index (κ2) is 13.8. The smallest absolute Gasteiger partial charge is 0.242 e. The van der Waals surface area contributed by atoms with Gasteiger partial charge in [0, 0.05) is 39.0 Å². The first-order chi connectivity index (χ1) is 18.6. The van der Waals surface area contributed by atoms with Gasteiger partial charge in [0.2, 0.25) is 21.8 Å². The van der Waals surface area contributed by atoms with Gasteiger partial charge in [0.1, 0.15) is 11.8 Å². The molecule has 208 valence electrons. The minimum absolute atomic E-state index is 0.0735. The summed E-state index contributed by atoms with van der Waals surface area (Å²) >= 11 is 0. The number of benzene rings is 3. The van der Waals surface area contributed by atoms with E-state index in [2.05, 4.69) is 5.32 Å². The van der Waals surface area contributed by atoms with Crippen molar-refractivity contribution in [1.82, 2.24) is 10.2 Å². The molecule has 8 nitrogen and oxygen atoms in total. The Labute approximate surface area is 231 Å². The predicted molar refractivity (Wildman–Crippen MR) is 154 cm³/mol. The molecule has 9 heteroatoms. The van der Waals surface area contributed by atoms with Crippen molar-refractivity contribution in [2.24, 2.45) is 0 Å². The molecule has 0 aromatic heterocycles. The number of hydrogen-bond acceptors (Lipinski definition) is 5. The molecule has 0 radical (unpaired) electrons. The Morgan fingerprint density at radius 2 is 1.64 bits per heavy atom. The first-order valence-corrected chi connectivity index (χ1v) is 14.7. The maximum atomic E-state index is 13.7. The van der Waals surface area contributed by atoms with Gasteiger partial charge in [-0.1, -0.05) is 66.2 Å². The van der Waals surface area contributed by atoms with Crippen LogP contribution >= 0.6 is 0 Å². The summed E-state index contributed by atoms with van der Waals surface area (Å²) in [6, 6.07) is 23.5. The van der Waals surface area contributed by atoms with Gasteiger partial charge < -0.3 is 15.0 Å². The molecule has 0 spiro atoms. The van der Waals surface area contributed by atoms with E-state index >= 15 is 0 Å². The zero-order valence-corrected chi connectivity index (χ0v) is 23.8. The molecular weight excluding hydrogens is 514 g/mol. The van der Waals surface area contributed by atoms with E-state index in [0.717, 1.165) is 22.9 Å². The Morgan fingerprint density at radius 3 is 2.28 bits per heavy atom. The summed E-state index contributed by atoms with van der Waals surface area (Å²) < 4.78 is 31.7. The zero-order chi connectivity index (χ0) is 28.4. The number of rotatable bonds is 13. The molecule has 0 aliphatic heterocycles. The molecular formula is C30H37N3O5S. The van der Waals surface area contributed by atoms with Gasteiger partial charge in [-0.05, 0) is 36.6 Å². The van der Waals surface area contributed by atoms with Crippen LogP contribution in [0.2, 0.25) is 0 Å². The van der Waals surface area contributed by atoms with Crippen LogP contribution < -0.4 is 14.4 Å². The third kappa shape index (κ3) is 8.58. The van der Waals surface area contributed by atoms with Crippen LogP contribution in [-0.4, -0.2) is 58.1 Å². The average Bonchev–Trinajstić information content (AvgIpc) is 2.92. The van der Waals surface area contributed by atoms with Crippen LogP contribution in [0.15, 0.2) is 78.9 Å². The maximum absolute atomic E-state index is 13.7. The van der Waals surface area contributed by atoms with E-state index in [4.69, 9.17) is 4.74 Å². The summed E-state index contributed by atoms with van der Waals surface area (Å²) in [4.78, 5) is 28.4. The van der Waals surface area contributed by atoms with Gasteiger partial charge in [0.15, 0.2) is 0 Å². The number of hydrogen-bond donors (Lipinski definition) is 1. The second-order valence-electron chi connectivity index (χ2n) is 9.47. The molecule has 1 unspecified atom stereocenters. The molecule has 0 aliphatic rings. The average molecular weight is 552 g/mol. The first kappa shape index (κ1) is 29.7. The van der Waals surface area contributed by atoms with E-state index in [-0.39, 0.29) is 37.7 Å². The number of sulfonamides is 1.